The summed E-state index contributed by atoms with van der Waals surface area (Å²) in [6.07, 6.45) is 0. The molecule has 18 heavy (non-hydrogen) atoms. The van der Waals surface area contributed by atoms with Crippen molar-refractivity contribution >= 4 is 21.7 Å². The molecule has 0 aromatic heterocycles. The van der Waals surface area contributed by atoms with E-state index in [-0.39, 0.29) is 10.0 Å². The second-order valence-electron chi connectivity index (χ2n) is 3.55. The summed E-state index contributed by atoms with van der Waals surface area (Å²) in [7, 11) is 0. The van der Waals surface area contributed by atoms with Crippen molar-refractivity contribution in [3.8, 4) is 0 Å². The minimum atomic E-state index is -0.968. The summed E-state index contributed by atoms with van der Waals surface area (Å²) in [5.41, 5.74) is -0.636. The molecule has 0 unspecified atom stereocenters. The van der Waals surface area contributed by atoms with Gasteiger partial charge in [0.25, 0.3) is 0 Å². The third-order valence-corrected chi connectivity index (χ3v) is 2.99. The van der Waals surface area contributed by atoms with Crippen LogP contribution >= 0.6 is 15.9 Å². The Morgan fingerprint density at radius 2 is 1.56 bits per heavy atom. The first kappa shape index (κ1) is 12.8. The molecule has 2 rings (SSSR count). The van der Waals surface area contributed by atoms with Gasteiger partial charge >= 0.3 is 0 Å². The molecular weight excluding hydrogens is 309 g/mol. The van der Waals surface area contributed by atoms with Gasteiger partial charge in [-0.25, -0.2) is 13.2 Å². The first-order valence-electron chi connectivity index (χ1n) is 4.94. The Bertz CT molecular complexity index is 608. The molecule has 2 aromatic carbocycles. The molecule has 2 aromatic rings. The third kappa shape index (κ3) is 2.31. The number of carbonyl (C=O) groups excluding carboxylic acids is 1. The summed E-state index contributed by atoms with van der Waals surface area (Å²) in [4.78, 5) is 11.9. The van der Waals surface area contributed by atoms with E-state index < -0.39 is 28.8 Å². The lowest BCUT2D eigenvalue weighted by Gasteiger charge is -2.05. The van der Waals surface area contributed by atoms with Crippen molar-refractivity contribution in [3.63, 3.8) is 0 Å². The zero-order valence-corrected chi connectivity index (χ0v) is 10.5. The van der Waals surface area contributed by atoms with Gasteiger partial charge in [0.2, 0.25) is 0 Å². The molecule has 0 spiro atoms. The lowest BCUT2D eigenvalue weighted by atomic mass is 10.0. The average molecular weight is 315 g/mol. The highest BCUT2D eigenvalue weighted by Gasteiger charge is 2.20. The fraction of sp³-hybridized carbons (Fsp3) is 0. The Morgan fingerprint density at radius 3 is 2.17 bits per heavy atom. The van der Waals surface area contributed by atoms with Crippen molar-refractivity contribution in [2.45, 2.75) is 0 Å². The van der Waals surface area contributed by atoms with Crippen molar-refractivity contribution in [1.29, 1.82) is 0 Å². The van der Waals surface area contributed by atoms with Gasteiger partial charge in [0.1, 0.15) is 11.6 Å². The van der Waals surface area contributed by atoms with E-state index in [1.807, 2.05) is 0 Å². The van der Waals surface area contributed by atoms with Gasteiger partial charge in [-0.1, -0.05) is 0 Å². The second-order valence-corrected chi connectivity index (χ2v) is 4.41. The van der Waals surface area contributed by atoms with Crippen molar-refractivity contribution in [2.24, 2.45) is 0 Å². The van der Waals surface area contributed by atoms with E-state index >= 15 is 0 Å². The normalized spacial score (nSPS) is 10.4. The fourth-order valence-electron chi connectivity index (χ4n) is 1.48. The molecular formula is C13H6BrF3O. The number of hydrogen-bond donors (Lipinski definition) is 0. The Labute approximate surface area is 109 Å². The minimum Gasteiger partial charge on any atom is -0.288 e. The molecule has 0 aliphatic rings. The molecule has 0 bridgehead atoms. The SMILES string of the molecule is O=C(c1ccc(F)cc1)c1c(F)ccc(Br)c1F. The van der Waals surface area contributed by atoms with Crippen LogP contribution in [0.25, 0.3) is 0 Å². The van der Waals surface area contributed by atoms with Crippen LogP contribution in [-0.2, 0) is 0 Å². The number of ketones is 1. The summed E-state index contributed by atoms with van der Waals surface area (Å²) < 4.78 is 39.9. The average Bonchev–Trinajstić information content (AvgIpc) is 2.35. The largest absolute Gasteiger partial charge is 0.288 e. The maximum atomic E-state index is 13.7. The van der Waals surface area contributed by atoms with Gasteiger partial charge in [0.05, 0.1) is 10.0 Å². The van der Waals surface area contributed by atoms with Crippen molar-refractivity contribution < 1.29 is 18.0 Å². The number of halogens is 4. The highest BCUT2D eigenvalue weighted by atomic mass is 79.9. The van der Waals surface area contributed by atoms with Gasteiger partial charge < -0.3 is 0 Å². The van der Waals surface area contributed by atoms with E-state index in [4.69, 9.17) is 0 Å². The Morgan fingerprint density at radius 1 is 0.944 bits per heavy atom. The Balaban J connectivity index is 2.52. The van der Waals surface area contributed by atoms with Gasteiger partial charge in [-0.05, 0) is 52.3 Å². The van der Waals surface area contributed by atoms with Crippen LogP contribution in [0, 0.1) is 17.5 Å². The topological polar surface area (TPSA) is 17.1 Å². The van der Waals surface area contributed by atoms with Crippen molar-refractivity contribution in [1.82, 2.24) is 0 Å². The van der Waals surface area contributed by atoms with E-state index in [0.29, 0.717) is 0 Å². The summed E-state index contributed by atoms with van der Waals surface area (Å²) in [6, 6.07) is 6.63. The fourth-order valence-corrected chi connectivity index (χ4v) is 1.81. The van der Waals surface area contributed by atoms with E-state index in [9.17, 15) is 18.0 Å². The van der Waals surface area contributed by atoms with Gasteiger partial charge in [-0.3, -0.25) is 4.79 Å². The van der Waals surface area contributed by atoms with Gasteiger partial charge in [0.15, 0.2) is 11.6 Å². The molecule has 0 aliphatic heterocycles. The number of rotatable bonds is 2. The second kappa shape index (κ2) is 4.94. The van der Waals surface area contributed by atoms with Gasteiger partial charge in [0, 0.05) is 5.56 Å². The zero-order chi connectivity index (χ0) is 13.3. The van der Waals surface area contributed by atoms with Crippen LogP contribution < -0.4 is 0 Å². The van der Waals surface area contributed by atoms with E-state index in [1.54, 1.807) is 0 Å². The lowest BCUT2D eigenvalue weighted by molar-refractivity contribution is 0.103. The molecule has 0 amide bonds. The molecule has 0 radical (unpaired) electrons. The molecule has 0 fully saturated rings. The van der Waals surface area contributed by atoms with Crippen molar-refractivity contribution in [2.75, 3.05) is 0 Å². The highest BCUT2D eigenvalue weighted by molar-refractivity contribution is 9.10. The highest BCUT2D eigenvalue weighted by Crippen LogP contribution is 2.24. The first-order chi connectivity index (χ1) is 8.50. The molecule has 0 heterocycles. The van der Waals surface area contributed by atoms with Crippen LogP contribution in [0.4, 0.5) is 13.2 Å². The van der Waals surface area contributed by atoms with E-state index in [1.165, 1.54) is 18.2 Å². The number of benzene rings is 2. The maximum Gasteiger partial charge on any atom is 0.198 e. The van der Waals surface area contributed by atoms with E-state index in [0.717, 1.165) is 18.2 Å². The van der Waals surface area contributed by atoms with E-state index in [2.05, 4.69) is 15.9 Å². The predicted molar refractivity (Wildman–Crippen MR) is 63.9 cm³/mol. The first-order valence-corrected chi connectivity index (χ1v) is 5.74. The number of carbonyl (C=O) groups is 1. The summed E-state index contributed by atoms with van der Waals surface area (Å²) >= 11 is 2.88. The lowest BCUT2D eigenvalue weighted by Crippen LogP contribution is -2.08. The molecule has 5 heteroatoms. The smallest absolute Gasteiger partial charge is 0.198 e. The van der Waals surface area contributed by atoms with Crippen LogP contribution in [0.1, 0.15) is 15.9 Å². The molecule has 0 atom stereocenters. The third-order valence-electron chi connectivity index (χ3n) is 2.38. The monoisotopic (exact) mass is 314 g/mol. The van der Waals surface area contributed by atoms with Crippen LogP contribution in [0.5, 0.6) is 0 Å². The molecule has 0 aliphatic carbocycles. The molecule has 0 N–H and O–H groups in total. The van der Waals surface area contributed by atoms with Crippen LogP contribution in [0.15, 0.2) is 40.9 Å². The van der Waals surface area contributed by atoms with Gasteiger partial charge in [-0.15, -0.1) is 0 Å². The summed E-state index contributed by atoms with van der Waals surface area (Å²) in [5.74, 6) is -3.28. The standard InChI is InChI=1S/C13H6BrF3O/c14-9-5-6-10(16)11(12(9)17)13(18)7-1-3-8(15)4-2-7/h1-6H. The maximum absolute atomic E-state index is 13.7. The molecule has 0 saturated heterocycles. The minimum absolute atomic E-state index is 0.00522. The predicted octanol–water partition coefficient (Wildman–Crippen LogP) is 4.10. The summed E-state index contributed by atoms with van der Waals surface area (Å²) in [5, 5.41) is 0. The van der Waals surface area contributed by atoms with Crippen LogP contribution in [-0.4, -0.2) is 5.78 Å². The molecule has 92 valence electrons. The van der Waals surface area contributed by atoms with Gasteiger partial charge in [-0.2, -0.15) is 0 Å². The number of hydrogen-bond acceptors (Lipinski definition) is 1. The molecule has 1 nitrogen and oxygen atoms in total. The van der Waals surface area contributed by atoms with Crippen LogP contribution in [0.3, 0.4) is 0 Å². The molecule has 0 saturated carbocycles. The summed E-state index contributed by atoms with van der Waals surface area (Å²) in [6.45, 7) is 0. The quantitative estimate of drug-likeness (QED) is 0.602. The Hall–Kier alpha value is -1.62. The van der Waals surface area contributed by atoms with Crippen molar-refractivity contribution in [3.05, 3.63) is 69.4 Å². The zero-order valence-electron chi connectivity index (χ0n) is 8.88. The Kier molecular flexibility index (Phi) is 3.52. The van der Waals surface area contributed by atoms with Crippen LogP contribution in [0.2, 0.25) is 0 Å².